The lowest BCUT2D eigenvalue weighted by atomic mass is 9.79. The number of benzene rings is 3. The van der Waals surface area contributed by atoms with Crippen LogP contribution < -0.4 is 0 Å². The number of unbranched alkanes of at least 4 members (excludes halogenated alkanes) is 1. The van der Waals surface area contributed by atoms with Gasteiger partial charge in [-0.2, -0.15) is 0 Å². The van der Waals surface area contributed by atoms with Gasteiger partial charge in [0.2, 0.25) is 0 Å². The first-order valence-corrected chi connectivity index (χ1v) is 15.3. The molecule has 0 aliphatic carbocycles. The molecule has 0 atom stereocenters. The predicted molar refractivity (Wildman–Crippen MR) is 176 cm³/mol. The second-order valence-corrected chi connectivity index (χ2v) is 14.8. The van der Waals surface area contributed by atoms with Gasteiger partial charge in [0.1, 0.15) is 5.82 Å². The Morgan fingerprint density at radius 1 is 0.610 bits per heavy atom. The van der Waals surface area contributed by atoms with Crippen LogP contribution in [0.2, 0.25) is 0 Å². The highest BCUT2D eigenvalue weighted by Gasteiger charge is 2.30. The molecular weight excluding hydrogens is 498 g/mol. The maximum atomic E-state index is 4.86. The van der Waals surface area contributed by atoms with Gasteiger partial charge in [0.25, 0.3) is 0 Å². The zero-order chi connectivity index (χ0) is 30.3. The maximum absolute atomic E-state index is 4.86. The fourth-order valence-corrected chi connectivity index (χ4v) is 5.49. The topological polar surface area (TPSA) is 30.7 Å². The molecule has 0 fully saturated rings. The summed E-state index contributed by atoms with van der Waals surface area (Å²) in [7, 11) is 0. The molecule has 0 saturated heterocycles. The van der Waals surface area contributed by atoms with Gasteiger partial charge < -0.3 is 0 Å². The van der Waals surface area contributed by atoms with E-state index in [9.17, 15) is 0 Å². The first kappa shape index (κ1) is 30.8. The normalized spacial score (nSPS) is 12.7. The standard InChI is InChI=1S/C38H51N3/c1-13-14-19-38(11,12)35-40-39-34(29-16-15-25(2)26(3)20-29)41(35)33-18-17-28(21-27(33)4)30-22-31(36(5,6)7)24-32(23-30)37(8,9)10/h15-18,20-24H,13-14,19H2,1-12H3. The van der Waals surface area contributed by atoms with Crippen molar-refractivity contribution in [3.8, 4) is 28.2 Å². The monoisotopic (exact) mass is 549 g/mol. The quantitative estimate of drug-likeness (QED) is 0.229. The summed E-state index contributed by atoms with van der Waals surface area (Å²) in [5.74, 6) is 1.94. The van der Waals surface area contributed by atoms with E-state index in [0.717, 1.165) is 35.7 Å². The summed E-state index contributed by atoms with van der Waals surface area (Å²) in [6.45, 7) is 27.2. The highest BCUT2D eigenvalue weighted by molar-refractivity contribution is 5.70. The molecule has 0 saturated carbocycles. The van der Waals surface area contributed by atoms with Crippen LogP contribution in [0.25, 0.3) is 28.2 Å². The SMILES string of the molecule is CCCCC(C)(C)c1nnc(-c2ccc(C)c(C)c2)n1-c1ccc(-c2cc(C(C)(C)C)cc(C(C)(C)C)c2)cc1C. The van der Waals surface area contributed by atoms with E-state index in [0.29, 0.717) is 0 Å². The van der Waals surface area contributed by atoms with Gasteiger partial charge in [-0.15, -0.1) is 10.2 Å². The first-order chi connectivity index (χ1) is 19.0. The first-order valence-electron chi connectivity index (χ1n) is 15.3. The molecule has 3 nitrogen and oxygen atoms in total. The Labute approximate surface area is 249 Å². The van der Waals surface area contributed by atoms with Crippen LogP contribution in [0.3, 0.4) is 0 Å². The van der Waals surface area contributed by atoms with Crippen molar-refractivity contribution in [2.75, 3.05) is 0 Å². The Morgan fingerprint density at radius 2 is 1.20 bits per heavy atom. The third kappa shape index (κ3) is 6.50. The summed E-state index contributed by atoms with van der Waals surface area (Å²) in [6.07, 6.45) is 3.40. The lowest BCUT2D eigenvalue weighted by Gasteiger charge is -2.27. The van der Waals surface area contributed by atoms with Gasteiger partial charge in [0.15, 0.2) is 5.82 Å². The average Bonchev–Trinajstić information content (AvgIpc) is 3.33. The van der Waals surface area contributed by atoms with Crippen LogP contribution in [0.4, 0.5) is 0 Å². The van der Waals surface area contributed by atoms with Gasteiger partial charge in [0, 0.05) is 11.0 Å². The molecule has 0 aliphatic rings. The number of hydrogen-bond acceptors (Lipinski definition) is 2. The summed E-state index contributed by atoms with van der Waals surface area (Å²) < 4.78 is 2.32. The van der Waals surface area contributed by atoms with Crippen molar-refractivity contribution in [3.05, 3.63) is 88.2 Å². The Kier molecular flexibility index (Phi) is 8.42. The lowest BCUT2D eigenvalue weighted by molar-refractivity contribution is 0.425. The minimum absolute atomic E-state index is 0.0769. The smallest absolute Gasteiger partial charge is 0.168 e. The molecule has 0 radical (unpaired) electrons. The largest absolute Gasteiger partial charge is 0.278 e. The van der Waals surface area contributed by atoms with Gasteiger partial charge in [-0.05, 0) is 95.2 Å². The van der Waals surface area contributed by atoms with Crippen molar-refractivity contribution in [1.82, 2.24) is 14.8 Å². The summed E-state index contributed by atoms with van der Waals surface area (Å²) in [5.41, 5.74) is 11.3. The molecule has 41 heavy (non-hydrogen) atoms. The Bertz CT molecular complexity index is 1500. The summed E-state index contributed by atoms with van der Waals surface area (Å²) in [4.78, 5) is 0. The van der Waals surface area contributed by atoms with Gasteiger partial charge in [0.05, 0.1) is 5.69 Å². The van der Waals surface area contributed by atoms with Gasteiger partial charge in [-0.1, -0.05) is 112 Å². The number of aryl methyl sites for hydroxylation is 3. The van der Waals surface area contributed by atoms with E-state index in [-0.39, 0.29) is 16.2 Å². The van der Waals surface area contributed by atoms with E-state index in [1.54, 1.807) is 0 Å². The summed E-state index contributed by atoms with van der Waals surface area (Å²) in [5, 5.41) is 9.68. The molecule has 1 aromatic heterocycles. The number of aromatic nitrogens is 3. The van der Waals surface area contributed by atoms with Crippen molar-refractivity contribution < 1.29 is 0 Å². The molecular formula is C38H51N3. The van der Waals surface area contributed by atoms with E-state index in [2.05, 4.69) is 142 Å². The fourth-order valence-electron chi connectivity index (χ4n) is 5.49. The molecule has 0 spiro atoms. The molecule has 0 amide bonds. The predicted octanol–water partition coefficient (Wildman–Crippen LogP) is 10.6. The zero-order valence-electron chi connectivity index (χ0n) is 27.7. The Balaban J connectivity index is 1.91. The van der Waals surface area contributed by atoms with Crippen molar-refractivity contribution in [2.45, 2.75) is 119 Å². The van der Waals surface area contributed by atoms with Crippen molar-refractivity contribution in [1.29, 1.82) is 0 Å². The zero-order valence-corrected chi connectivity index (χ0v) is 27.7. The van der Waals surface area contributed by atoms with Crippen LogP contribution in [-0.4, -0.2) is 14.8 Å². The van der Waals surface area contributed by atoms with Crippen LogP contribution in [0.15, 0.2) is 54.6 Å². The van der Waals surface area contributed by atoms with E-state index in [1.807, 2.05) is 0 Å². The fraction of sp³-hybridized carbons (Fsp3) is 0.474. The second-order valence-electron chi connectivity index (χ2n) is 14.8. The van der Waals surface area contributed by atoms with Crippen LogP contribution in [0, 0.1) is 20.8 Å². The summed E-state index contributed by atoms with van der Waals surface area (Å²) >= 11 is 0. The molecule has 3 heteroatoms. The highest BCUT2D eigenvalue weighted by atomic mass is 15.3. The van der Waals surface area contributed by atoms with Gasteiger partial charge in [-0.25, -0.2) is 0 Å². The van der Waals surface area contributed by atoms with Crippen LogP contribution in [-0.2, 0) is 16.2 Å². The molecule has 0 N–H and O–H groups in total. The van der Waals surface area contributed by atoms with E-state index in [4.69, 9.17) is 10.2 Å². The van der Waals surface area contributed by atoms with Gasteiger partial charge in [-0.3, -0.25) is 4.57 Å². The summed E-state index contributed by atoms with van der Waals surface area (Å²) in [6, 6.07) is 20.7. The molecule has 4 aromatic rings. The van der Waals surface area contributed by atoms with Gasteiger partial charge >= 0.3 is 0 Å². The molecule has 1 heterocycles. The highest BCUT2D eigenvalue weighted by Crippen LogP contribution is 2.37. The van der Waals surface area contributed by atoms with E-state index in [1.165, 1.54) is 45.4 Å². The molecule has 218 valence electrons. The van der Waals surface area contributed by atoms with E-state index >= 15 is 0 Å². The van der Waals surface area contributed by atoms with Crippen molar-refractivity contribution >= 4 is 0 Å². The van der Waals surface area contributed by atoms with E-state index < -0.39 is 0 Å². The van der Waals surface area contributed by atoms with Crippen LogP contribution >= 0.6 is 0 Å². The Morgan fingerprint density at radius 3 is 1.73 bits per heavy atom. The minimum atomic E-state index is -0.102. The molecule has 3 aromatic carbocycles. The third-order valence-corrected chi connectivity index (χ3v) is 8.62. The number of nitrogens with zero attached hydrogens (tertiary/aromatic N) is 3. The second kappa shape index (κ2) is 11.2. The number of rotatable bonds is 7. The molecule has 0 bridgehead atoms. The maximum Gasteiger partial charge on any atom is 0.168 e. The molecule has 4 rings (SSSR count). The number of hydrogen-bond donors (Lipinski definition) is 0. The van der Waals surface area contributed by atoms with Crippen LogP contribution in [0.5, 0.6) is 0 Å². The minimum Gasteiger partial charge on any atom is -0.278 e. The Hall–Kier alpha value is -3.20. The molecule has 0 unspecified atom stereocenters. The van der Waals surface area contributed by atoms with Crippen LogP contribution in [0.1, 0.15) is 115 Å². The van der Waals surface area contributed by atoms with Crippen molar-refractivity contribution in [3.63, 3.8) is 0 Å². The lowest BCUT2D eigenvalue weighted by Crippen LogP contribution is -2.23. The van der Waals surface area contributed by atoms with Crippen molar-refractivity contribution in [2.24, 2.45) is 0 Å². The third-order valence-electron chi connectivity index (χ3n) is 8.62. The molecule has 0 aliphatic heterocycles. The average molecular weight is 550 g/mol.